The molecular weight excluding hydrogens is 144 g/mol. The Labute approximate surface area is 56.8 Å². The Morgan fingerprint density at radius 2 is 1.62 bits per heavy atom. The lowest BCUT2D eigenvalue weighted by Crippen LogP contribution is -1.51. The SMILES string of the molecule is CCCC.O=[S-](O)=S. The fourth-order valence-corrected chi connectivity index (χ4v) is 0. The minimum Gasteiger partial charge on any atom is -0.459 e. The predicted octanol–water partition coefficient (Wildman–Crippen LogP) is 1.69. The molecule has 0 rings (SSSR count). The van der Waals surface area contributed by atoms with Crippen molar-refractivity contribution in [3.8, 4) is 0 Å². The number of unbranched alkanes of at least 4 members (excludes halogenated alkanes) is 1. The highest BCUT2D eigenvalue weighted by Gasteiger charge is 1.56. The molecule has 0 bridgehead atoms. The molecule has 0 aromatic rings. The van der Waals surface area contributed by atoms with Gasteiger partial charge in [-0.1, -0.05) is 36.3 Å². The quantitative estimate of drug-likeness (QED) is 0.462. The standard InChI is InChI=1S/C4H10.HO2S2/c1-3-4-2;1-4(2)3/h3-4H2,1-2H3;(H,1,2,3)/q;-1. The van der Waals surface area contributed by atoms with Crippen LogP contribution in [-0.4, -0.2) is 4.55 Å². The molecule has 0 aliphatic carbocycles. The topological polar surface area (TPSA) is 37.3 Å². The molecule has 4 heteroatoms. The van der Waals surface area contributed by atoms with E-state index in [1.807, 2.05) is 0 Å². The van der Waals surface area contributed by atoms with E-state index in [4.69, 9.17) is 8.76 Å². The maximum atomic E-state index is 8.93. The van der Waals surface area contributed by atoms with Crippen LogP contribution in [0.1, 0.15) is 26.7 Å². The van der Waals surface area contributed by atoms with Gasteiger partial charge in [0.15, 0.2) is 0 Å². The number of rotatable bonds is 1. The van der Waals surface area contributed by atoms with Crippen molar-refractivity contribution >= 4 is 20.8 Å². The maximum absolute atomic E-state index is 8.93. The Morgan fingerprint density at radius 3 is 1.62 bits per heavy atom. The van der Waals surface area contributed by atoms with Crippen LogP contribution < -0.4 is 0 Å². The van der Waals surface area contributed by atoms with Gasteiger partial charge in [0.1, 0.15) is 0 Å². The average Bonchev–Trinajstić information content (AvgIpc) is 1.65. The Bertz CT molecular complexity index is 78.0. The normalized spacial score (nSPS) is 8.00. The summed E-state index contributed by atoms with van der Waals surface area (Å²) in [7, 11) is -2.03. The highest BCUT2D eigenvalue weighted by Crippen LogP contribution is 1.76. The van der Waals surface area contributed by atoms with Crippen molar-refractivity contribution in [1.29, 1.82) is 0 Å². The van der Waals surface area contributed by atoms with Crippen LogP contribution in [0.3, 0.4) is 0 Å². The second-order valence-electron chi connectivity index (χ2n) is 1.22. The Kier molecular flexibility index (Phi) is 14.4. The highest BCUT2D eigenvalue weighted by molar-refractivity contribution is 8.18. The third kappa shape index (κ3) is 102. The first-order chi connectivity index (χ1) is 3.65. The fraction of sp³-hybridized carbons (Fsp3) is 1.00. The van der Waals surface area contributed by atoms with Crippen molar-refractivity contribution in [1.82, 2.24) is 0 Å². The van der Waals surface area contributed by atoms with Gasteiger partial charge in [-0.2, -0.15) is 0 Å². The fourth-order valence-electron chi connectivity index (χ4n) is 0. The van der Waals surface area contributed by atoms with Gasteiger partial charge in [-0.25, -0.2) is 11.2 Å². The molecule has 0 aliphatic heterocycles. The summed E-state index contributed by atoms with van der Waals surface area (Å²) in [5.41, 5.74) is 0. The second-order valence-corrected chi connectivity index (χ2v) is 2.51. The first kappa shape index (κ1) is 11.2. The van der Waals surface area contributed by atoms with Gasteiger partial charge >= 0.3 is 0 Å². The molecule has 0 atom stereocenters. The van der Waals surface area contributed by atoms with Crippen LogP contribution >= 0.6 is 0 Å². The first-order valence-electron chi connectivity index (χ1n) is 2.43. The summed E-state index contributed by atoms with van der Waals surface area (Å²) in [6.45, 7) is 4.36. The molecule has 0 saturated carbocycles. The molecule has 0 saturated heterocycles. The number of hydrogen-bond donors (Lipinski definition) is 1. The van der Waals surface area contributed by atoms with E-state index in [2.05, 4.69) is 25.0 Å². The van der Waals surface area contributed by atoms with E-state index in [1.165, 1.54) is 12.8 Å². The summed E-state index contributed by atoms with van der Waals surface area (Å²) in [5.74, 6) is 0. The molecule has 0 radical (unpaired) electrons. The Balaban J connectivity index is 0. The molecule has 0 unspecified atom stereocenters. The van der Waals surface area contributed by atoms with Crippen LogP contribution in [0.4, 0.5) is 0 Å². The van der Waals surface area contributed by atoms with E-state index in [0.717, 1.165) is 0 Å². The third-order valence-electron chi connectivity index (χ3n) is 0.500. The van der Waals surface area contributed by atoms with Crippen LogP contribution in [0.5, 0.6) is 0 Å². The van der Waals surface area contributed by atoms with Gasteiger partial charge in [0.25, 0.3) is 0 Å². The van der Waals surface area contributed by atoms with Crippen molar-refractivity contribution in [2.45, 2.75) is 26.7 Å². The molecule has 0 heterocycles. The van der Waals surface area contributed by atoms with E-state index >= 15 is 0 Å². The molecule has 0 aromatic carbocycles. The maximum Gasteiger partial charge on any atom is -0.0564 e. The molecule has 8 heavy (non-hydrogen) atoms. The molecule has 52 valence electrons. The predicted molar refractivity (Wildman–Crippen MR) is 38.6 cm³/mol. The summed E-state index contributed by atoms with van der Waals surface area (Å²) in [6, 6.07) is 0. The van der Waals surface area contributed by atoms with Crippen molar-refractivity contribution < 1.29 is 8.76 Å². The molecule has 2 nitrogen and oxygen atoms in total. The van der Waals surface area contributed by atoms with Crippen LogP contribution in [0.25, 0.3) is 0 Å². The lowest BCUT2D eigenvalue weighted by atomic mass is 10.4. The first-order valence-corrected chi connectivity index (χ1v) is 4.46. The monoisotopic (exact) mass is 155 g/mol. The summed E-state index contributed by atoms with van der Waals surface area (Å²) >= 11 is 3.65. The van der Waals surface area contributed by atoms with Gasteiger partial charge < -0.3 is 8.76 Å². The molecular formula is C4H11O2S2-. The van der Waals surface area contributed by atoms with Crippen LogP contribution in [0, 0.1) is 0 Å². The zero-order valence-electron chi connectivity index (χ0n) is 5.09. The van der Waals surface area contributed by atoms with Gasteiger partial charge in [-0.15, -0.1) is 0 Å². The van der Waals surface area contributed by atoms with Gasteiger partial charge in [-0.05, 0) is 0 Å². The molecule has 0 fully saturated rings. The van der Waals surface area contributed by atoms with Crippen LogP contribution in [-0.2, 0) is 25.0 Å². The van der Waals surface area contributed by atoms with Gasteiger partial charge in [0.2, 0.25) is 0 Å². The molecule has 0 amide bonds. The zero-order chi connectivity index (χ0) is 6.99. The summed E-state index contributed by atoms with van der Waals surface area (Å²) < 4.78 is 16.3. The minimum absolute atomic E-state index is 1.32. The highest BCUT2D eigenvalue weighted by atomic mass is 32.8. The summed E-state index contributed by atoms with van der Waals surface area (Å²) in [4.78, 5) is 0. The van der Waals surface area contributed by atoms with Crippen molar-refractivity contribution in [3.05, 3.63) is 0 Å². The summed E-state index contributed by atoms with van der Waals surface area (Å²) in [6.07, 6.45) is 2.64. The van der Waals surface area contributed by atoms with Crippen molar-refractivity contribution in [2.75, 3.05) is 0 Å². The molecule has 1 N–H and O–H groups in total. The van der Waals surface area contributed by atoms with Gasteiger partial charge in [-0.3, -0.25) is 0 Å². The van der Waals surface area contributed by atoms with E-state index in [0.29, 0.717) is 0 Å². The third-order valence-corrected chi connectivity index (χ3v) is 0.500. The Hall–Kier alpha value is 0.330. The lowest BCUT2D eigenvalue weighted by Gasteiger charge is -1.68. The zero-order valence-corrected chi connectivity index (χ0v) is 6.72. The van der Waals surface area contributed by atoms with Crippen LogP contribution in [0.15, 0.2) is 0 Å². The number of hydrogen-bond acceptors (Lipinski definition) is 3. The van der Waals surface area contributed by atoms with E-state index in [9.17, 15) is 0 Å². The van der Waals surface area contributed by atoms with Gasteiger partial charge in [0, 0.05) is 0 Å². The van der Waals surface area contributed by atoms with E-state index in [1.54, 1.807) is 0 Å². The largest absolute Gasteiger partial charge is 0.459 e. The van der Waals surface area contributed by atoms with E-state index < -0.39 is 9.64 Å². The lowest BCUT2D eigenvalue weighted by molar-refractivity contribution is 0.536. The van der Waals surface area contributed by atoms with E-state index in [-0.39, 0.29) is 0 Å². The summed E-state index contributed by atoms with van der Waals surface area (Å²) in [5, 5.41) is 0. The smallest absolute Gasteiger partial charge is 0.0564 e. The second kappa shape index (κ2) is 10.3. The van der Waals surface area contributed by atoms with Crippen molar-refractivity contribution in [2.24, 2.45) is 0 Å². The average molecular weight is 155 g/mol. The van der Waals surface area contributed by atoms with Gasteiger partial charge in [0.05, 0.1) is 0 Å². The Morgan fingerprint density at radius 1 is 1.50 bits per heavy atom. The van der Waals surface area contributed by atoms with Crippen molar-refractivity contribution in [3.63, 3.8) is 0 Å². The minimum atomic E-state index is -2.03. The molecule has 0 aliphatic rings. The molecule has 0 spiro atoms. The molecule has 0 aromatic heterocycles. The van der Waals surface area contributed by atoms with Crippen LogP contribution in [0.2, 0.25) is 0 Å².